The second kappa shape index (κ2) is 12.6. The van der Waals surface area contributed by atoms with E-state index < -0.39 is 27.7 Å². The molecule has 0 aliphatic heterocycles. The second-order valence-corrected chi connectivity index (χ2v) is 10.8. The number of benzene rings is 2. The molecule has 0 bridgehead atoms. The second-order valence-electron chi connectivity index (χ2n) is 8.85. The van der Waals surface area contributed by atoms with Crippen LogP contribution in [0.15, 0.2) is 48.5 Å². The highest BCUT2D eigenvalue weighted by Crippen LogP contribution is 2.22. The Hall–Kier alpha value is -3.01. The summed E-state index contributed by atoms with van der Waals surface area (Å²) >= 11 is 0. The Morgan fingerprint density at radius 1 is 1.00 bits per heavy atom. The number of carbonyl (C=O) groups excluding carboxylic acids is 2. The molecule has 0 heterocycles. The van der Waals surface area contributed by atoms with Gasteiger partial charge in [-0.05, 0) is 49.1 Å². The van der Waals surface area contributed by atoms with Gasteiger partial charge in [0.15, 0.2) is 0 Å². The van der Waals surface area contributed by atoms with E-state index in [1.54, 1.807) is 6.92 Å². The maximum Gasteiger partial charge on any atom is 0.242 e. The van der Waals surface area contributed by atoms with Crippen LogP contribution in [0.25, 0.3) is 0 Å². The lowest BCUT2D eigenvalue weighted by molar-refractivity contribution is -0.140. The fourth-order valence-electron chi connectivity index (χ4n) is 3.46. The average Bonchev–Trinajstić information content (AvgIpc) is 2.79. The van der Waals surface area contributed by atoms with Gasteiger partial charge in [-0.3, -0.25) is 13.9 Å². The highest BCUT2D eigenvalue weighted by atomic mass is 32.2. The van der Waals surface area contributed by atoms with Gasteiger partial charge in [-0.1, -0.05) is 38.1 Å². The summed E-state index contributed by atoms with van der Waals surface area (Å²) < 4.78 is 53.0. The molecule has 2 amide bonds. The van der Waals surface area contributed by atoms with E-state index in [4.69, 9.17) is 0 Å². The fourth-order valence-corrected chi connectivity index (χ4v) is 4.42. The molecule has 10 heteroatoms. The minimum atomic E-state index is -3.79. The lowest BCUT2D eigenvalue weighted by Gasteiger charge is -2.29. The summed E-state index contributed by atoms with van der Waals surface area (Å²) in [6, 6.07) is 10.4. The van der Waals surface area contributed by atoms with Crippen molar-refractivity contribution in [2.24, 2.45) is 5.92 Å². The highest BCUT2D eigenvalue weighted by Gasteiger charge is 2.27. The predicted octanol–water partition coefficient (Wildman–Crippen LogP) is 3.70. The van der Waals surface area contributed by atoms with Crippen molar-refractivity contribution in [2.45, 2.75) is 46.2 Å². The van der Waals surface area contributed by atoms with E-state index in [2.05, 4.69) is 5.32 Å². The topological polar surface area (TPSA) is 86.8 Å². The van der Waals surface area contributed by atoms with Crippen molar-refractivity contribution in [1.29, 1.82) is 0 Å². The molecule has 2 aromatic carbocycles. The smallest absolute Gasteiger partial charge is 0.242 e. The van der Waals surface area contributed by atoms with Crippen molar-refractivity contribution in [3.8, 4) is 0 Å². The van der Waals surface area contributed by atoms with Gasteiger partial charge in [0.05, 0.1) is 11.9 Å². The minimum Gasteiger partial charge on any atom is -0.354 e. The van der Waals surface area contributed by atoms with Crippen molar-refractivity contribution in [1.82, 2.24) is 10.2 Å². The summed E-state index contributed by atoms with van der Waals surface area (Å²) in [7, 11) is -3.79. The lowest BCUT2D eigenvalue weighted by atomic mass is 10.1. The number of anilines is 1. The molecule has 0 aliphatic rings. The number of carbonyl (C=O) groups is 2. The van der Waals surface area contributed by atoms with Gasteiger partial charge in [0.25, 0.3) is 0 Å². The normalized spacial score (nSPS) is 12.3. The molecule has 2 rings (SSSR count). The van der Waals surface area contributed by atoms with Crippen LogP contribution in [0.3, 0.4) is 0 Å². The monoisotopic (exact) mass is 509 g/mol. The van der Waals surface area contributed by atoms with Gasteiger partial charge in [0.2, 0.25) is 21.8 Å². The van der Waals surface area contributed by atoms with Crippen LogP contribution in [0.5, 0.6) is 0 Å². The van der Waals surface area contributed by atoms with Gasteiger partial charge in [-0.15, -0.1) is 0 Å². The largest absolute Gasteiger partial charge is 0.354 e. The molecule has 1 N–H and O–H groups in total. The highest BCUT2D eigenvalue weighted by molar-refractivity contribution is 7.92. The first-order valence-electron chi connectivity index (χ1n) is 11.4. The van der Waals surface area contributed by atoms with E-state index in [0.29, 0.717) is 12.1 Å². The number of nitrogens with zero attached hydrogens (tertiary/aromatic N) is 2. The van der Waals surface area contributed by atoms with Gasteiger partial charge in [0.1, 0.15) is 17.7 Å². The molecule has 0 fully saturated rings. The van der Waals surface area contributed by atoms with Crippen molar-refractivity contribution < 1.29 is 26.8 Å². The molecule has 0 aromatic heterocycles. The summed E-state index contributed by atoms with van der Waals surface area (Å²) in [5.41, 5.74) is 0.555. The molecule has 2 aromatic rings. The van der Waals surface area contributed by atoms with Crippen LogP contribution in [0.4, 0.5) is 14.5 Å². The molecule has 192 valence electrons. The molecule has 0 spiro atoms. The zero-order valence-corrected chi connectivity index (χ0v) is 21.3. The number of para-hydroxylation sites is 1. The number of sulfonamides is 1. The Kier molecular flexibility index (Phi) is 10.2. The fraction of sp³-hybridized carbons (Fsp3) is 0.440. The SMILES string of the molecule is CC(C)CNC(=O)[C@@H](C)N(Cc1ccc(F)cc1)C(=O)CCCN(c1ccccc1F)S(C)(=O)=O. The number of amides is 2. The Bertz CT molecular complexity index is 1110. The minimum absolute atomic E-state index is 0.0660. The van der Waals surface area contributed by atoms with Crippen molar-refractivity contribution in [2.75, 3.05) is 23.7 Å². The molecule has 0 saturated carbocycles. The van der Waals surface area contributed by atoms with Crippen molar-refractivity contribution >= 4 is 27.5 Å². The zero-order chi connectivity index (χ0) is 26.2. The predicted molar refractivity (Wildman–Crippen MR) is 132 cm³/mol. The van der Waals surface area contributed by atoms with Crippen LogP contribution in [-0.2, 0) is 26.2 Å². The molecular formula is C25H33F2N3O4S. The van der Waals surface area contributed by atoms with Crippen LogP contribution < -0.4 is 9.62 Å². The van der Waals surface area contributed by atoms with Gasteiger partial charge in [-0.2, -0.15) is 0 Å². The van der Waals surface area contributed by atoms with E-state index >= 15 is 0 Å². The van der Waals surface area contributed by atoms with E-state index in [1.807, 2.05) is 13.8 Å². The van der Waals surface area contributed by atoms with Crippen molar-refractivity contribution in [3.63, 3.8) is 0 Å². The molecule has 35 heavy (non-hydrogen) atoms. The first-order chi connectivity index (χ1) is 16.4. The maximum atomic E-state index is 14.2. The molecule has 7 nitrogen and oxygen atoms in total. The summed E-state index contributed by atoms with van der Waals surface area (Å²) in [4.78, 5) is 27.2. The summed E-state index contributed by atoms with van der Waals surface area (Å²) in [5, 5.41) is 2.81. The van der Waals surface area contributed by atoms with Crippen LogP contribution >= 0.6 is 0 Å². The van der Waals surface area contributed by atoms with Crippen LogP contribution in [-0.4, -0.2) is 50.5 Å². The molecular weight excluding hydrogens is 476 g/mol. The zero-order valence-electron chi connectivity index (χ0n) is 20.5. The molecule has 0 unspecified atom stereocenters. The van der Waals surface area contributed by atoms with Gasteiger partial charge < -0.3 is 10.2 Å². The first-order valence-corrected chi connectivity index (χ1v) is 13.3. The van der Waals surface area contributed by atoms with E-state index in [9.17, 15) is 26.8 Å². The number of rotatable bonds is 12. The Balaban J connectivity index is 2.16. The van der Waals surface area contributed by atoms with E-state index in [-0.39, 0.29) is 49.4 Å². The van der Waals surface area contributed by atoms with Crippen LogP contribution in [0.2, 0.25) is 0 Å². The molecule has 0 aliphatic carbocycles. The summed E-state index contributed by atoms with van der Waals surface area (Å²) in [6.07, 6.45) is 1.02. The Morgan fingerprint density at radius 3 is 2.20 bits per heavy atom. The van der Waals surface area contributed by atoms with Gasteiger partial charge in [-0.25, -0.2) is 17.2 Å². The maximum absolute atomic E-state index is 14.2. The lowest BCUT2D eigenvalue weighted by Crippen LogP contribution is -2.48. The molecule has 0 radical (unpaired) electrons. The summed E-state index contributed by atoms with van der Waals surface area (Å²) in [5.74, 6) is -1.56. The van der Waals surface area contributed by atoms with Crippen molar-refractivity contribution in [3.05, 3.63) is 65.7 Å². The molecule has 1 atom stereocenters. The number of hydrogen-bond donors (Lipinski definition) is 1. The number of hydrogen-bond acceptors (Lipinski definition) is 4. The third-order valence-corrected chi connectivity index (χ3v) is 6.57. The Morgan fingerprint density at radius 2 is 1.63 bits per heavy atom. The Labute approximate surface area is 206 Å². The van der Waals surface area contributed by atoms with Crippen LogP contribution in [0, 0.1) is 17.6 Å². The average molecular weight is 510 g/mol. The van der Waals surface area contributed by atoms with Gasteiger partial charge >= 0.3 is 0 Å². The third kappa shape index (κ3) is 8.61. The standard InChI is InChI=1S/C25H33F2N3O4S/c1-18(2)16-28-25(32)19(3)29(17-20-11-13-21(26)14-12-20)24(31)10-7-15-30(35(4,33)34)23-9-6-5-8-22(23)27/h5-6,8-9,11-14,18-19H,7,10,15-17H2,1-4H3,(H,28,32)/t19-/m1/s1. The van der Waals surface area contributed by atoms with E-state index in [1.165, 1.54) is 53.4 Å². The van der Waals surface area contributed by atoms with Crippen LogP contribution in [0.1, 0.15) is 39.2 Å². The third-order valence-electron chi connectivity index (χ3n) is 5.39. The van der Waals surface area contributed by atoms with E-state index in [0.717, 1.165) is 10.6 Å². The quantitative estimate of drug-likeness (QED) is 0.473. The number of halogens is 2. The first kappa shape index (κ1) is 28.2. The summed E-state index contributed by atoms with van der Waals surface area (Å²) in [6.45, 7) is 5.94. The molecule has 0 saturated heterocycles. The number of nitrogens with one attached hydrogen (secondary N) is 1. The van der Waals surface area contributed by atoms with Gasteiger partial charge in [0, 0.05) is 26.1 Å².